The van der Waals surface area contributed by atoms with E-state index in [1.54, 1.807) is 15.5 Å². The zero-order valence-corrected chi connectivity index (χ0v) is 16.1. The number of nitrogens with one attached hydrogen (secondary N) is 1. The molecule has 4 rings (SSSR count). The Bertz CT molecular complexity index is 1010. The van der Waals surface area contributed by atoms with E-state index in [0.29, 0.717) is 17.8 Å². The van der Waals surface area contributed by atoms with Crippen molar-refractivity contribution in [2.24, 2.45) is 0 Å². The van der Waals surface area contributed by atoms with Crippen LogP contribution in [0.3, 0.4) is 0 Å². The molecule has 0 saturated heterocycles. The number of amides is 2. The second kappa shape index (κ2) is 7.46. The van der Waals surface area contributed by atoms with Crippen LogP contribution in [0.4, 0.5) is 0 Å². The fourth-order valence-corrected chi connectivity index (χ4v) is 3.24. The van der Waals surface area contributed by atoms with Gasteiger partial charge in [-0.25, -0.2) is 4.98 Å². The minimum Gasteiger partial charge on any atom is -0.347 e. The van der Waals surface area contributed by atoms with Crippen LogP contribution in [0, 0.1) is 0 Å². The molecular formula is C22H24N4O2. The van der Waals surface area contributed by atoms with E-state index in [4.69, 9.17) is 0 Å². The van der Waals surface area contributed by atoms with E-state index in [1.807, 2.05) is 62.4 Å². The molecule has 0 atom stereocenters. The van der Waals surface area contributed by atoms with Crippen LogP contribution in [0.25, 0.3) is 5.52 Å². The highest BCUT2D eigenvalue weighted by Gasteiger charge is 2.29. The fraction of sp³-hybridized carbons (Fsp3) is 0.318. The number of hydrogen-bond acceptors (Lipinski definition) is 3. The Morgan fingerprint density at radius 2 is 1.86 bits per heavy atom. The number of aromatic nitrogens is 2. The summed E-state index contributed by atoms with van der Waals surface area (Å²) < 4.78 is 1.70. The summed E-state index contributed by atoms with van der Waals surface area (Å²) in [4.78, 5) is 32.3. The van der Waals surface area contributed by atoms with Crippen molar-refractivity contribution in [3.8, 4) is 0 Å². The van der Waals surface area contributed by atoms with Gasteiger partial charge in [0.1, 0.15) is 0 Å². The lowest BCUT2D eigenvalue weighted by Gasteiger charge is -2.26. The normalized spacial score (nSPS) is 13.7. The number of imidazole rings is 1. The predicted molar refractivity (Wildman–Crippen MR) is 107 cm³/mol. The number of pyridine rings is 1. The number of carbonyl (C=O) groups excluding carboxylic acids is 2. The van der Waals surface area contributed by atoms with Gasteiger partial charge < -0.3 is 10.2 Å². The molecule has 6 nitrogen and oxygen atoms in total. The molecule has 1 saturated carbocycles. The summed E-state index contributed by atoms with van der Waals surface area (Å²) >= 11 is 0. The van der Waals surface area contributed by atoms with Crippen molar-refractivity contribution in [2.75, 3.05) is 0 Å². The minimum atomic E-state index is -0.234. The second-order valence-electron chi connectivity index (χ2n) is 7.50. The number of carbonyl (C=O) groups is 2. The highest BCUT2D eigenvalue weighted by Crippen LogP contribution is 2.21. The number of benzene rings is 1. The van der Waals surface area contributed by atoms with Crippen molar-refractivity contribution in [2.45, 2.75) is 45.3 Å². The molecule has 1 fully saturated rings. The van der Waals surface area contributed by atoms with Gasteiger partial charge in [0.05, 0.1) is 5.52 Å². The highest BCUT2D eigenvalue weighted by molar-refractivity contribution is 6.02. The monoisotopic (exact) mass is 376 g/mol. The first-order valence-corrected chi connectivity index (χ1v) is 9.67. The van der Waals surface area contributed by atoms with Crippen LogP contribution in [0.15, 0.2) is 54.7 Å². The molecular weight excluding hydrogens is 352 g/mol. The van der Waals surface area contributed by atoms with Gasteiger partial charge in [0, 0.05) is 24.8 Å². The molecule has 0 spiro atoms. The van der Waals surface area contributed by atoms with E-state index in [0.717, 1.165) is 18.4 Å². The van der Waals surface area contributed by atoms with Gasteiger partial charge >= 0.3 is 0 Å². The Balaban J connectivity index is 1.70. The summed E-state index contributed by atoms with van der Waals surface area (Å²) in [7, 11) is 0. The highest BCUT2D eigenvalue weighted by atomic mass is 16.2. The second-order valence-corrected chi connectivity index (χ2v) is 7.50. The van der Waals surface area contributed by atoms with E-state index >= 15 is 0 Å². The van der Waals surface area contributed by atoms with Gasteiger partial charge in [-0.1, -0.05) is 36.4 Å². The van der Waals surface area contributed by atoms with Gasteiger partial charge in [-0.15, -0.1) is 0 Å². The first-order valence-electron chi connectivity index (χ1n) is 9.67. The van der Waals surface area contributed by atoms with Gasteiger partial charge in [0.25, 0.3) is 11.8 Å². The Hall–Kier alpha value is -3.15. The smallest absolute Gasteiger partial charge is 0.287 e. The molecule has 2 amide bonds. The molecule has 0 unspecified atom stereocenters. The molecule has 144 valence electrons. The lowest BCUT2D eigenvalue weighted by atomic mass is 10.1. The largest absolute Gasteiger partial charge is 0.347 e. The number of fused-ring (bicyclic) bond motifs is 1. The van der Waals surface area contributed by atoms with Crippen LogP contribution >= 0.6 is 0 Å². The van der Waals surface area contributed by atoms with E-state index in [1.165, 1.54) is 0 Å². The van der Waals surface area contributed by atoms with E-state index in [9.17, 15) is 9.59 Å². The van der Waals surface area contributed by atoms with E-state index in [2.05, 4.69) is 10.3 Å². The average Bonchev–Trinajstić information content (AvgIpc) is 3.43. The molecule has 3 aromatic rings. The molecule has 1 N–H and O–H groups in total. The summed E-state index contributed by atoms with van der Waals surface area (Å²) in [5.41, 5.74) is 2.01. The summed E-state index contributed by atoms with van der Waals surface area (Å²) in [6.07, 6.45) is 3.77. The molecule has 1 aliphatic rings. The van der Waals surface area contributed by atoms with Crippen molar-refractivity contribution in [3.63, 3.8) is 0 Å². The molecule has 0 radical (unpaired) electrons. The molecule has 0 aliphatic heterocycles. The molecule has 1 aliphatic carbocycles. The molecule has 0 bridgehead atoms. The maximum absolute atomic E-state index is 13.4. The topological polar surface area (TPSA) is 66.7 Å². The van der Waals surface area contributed by atoms with Crippen molar-refractivity contribution >= 4 is 17.3 Å². The Morgan fingerprint density at radius 3 is 2.54 bits per heavy atom. The van der Waals surface area contributed by atoms with Crippen molar-refractivity contribution in [1.82, 2.24) is 19.6 Å². The molecule has 2 aromatic heterocycles. The summed E-state index contributed by atoms with van der Waals surface area (Å²) in [6.45, 7) is 4.46. The maximum atomic E-state index is 13.4. The summed E-state index contributed by atoms with van der Waals surface area (Å²) in [5.74, 6) is -0.149. The maximum Gasteiger partial charge on any atom is 0.287 e. The SMILES string of the molecule is CC(C)N(Cc1ccccc1)C(=O)c1nc(C(=O)NC2CC2)n2ccccc12. The van der Waals surface area contributed by atoms with Crippen molar-refractivity contribution in [3.05, 3.63) is 71.8 Å². The average molecular weight is 376 g/mol. The van der Waals surface area contributed by atoms with Gasteiger partial charge in [0.2, 0.25) is 5.82 Å². The van der Waals surface area contributed by atoms with Gasteiger partial charge in [0.15, 0.2) is 5.69 Å². The van der Waals surface area contributed by atoms with Crippen LogP contribution in [0.5, 0.6) is 0 Å². The quantitative estimate of drug-likeness (QED) is 0.718. The van der Waals surface area contributed by atoms with Crippen LogP contribution in [-0.2, 0) is 6.54 Å². The Morgan fingerprint density at radius 1 is 1.14 bits per heavy atom. The third-order valence-corrected chi connectivity index (χ3v) is 4.95. The zero-order chi connectivity index (χ0) is 19.7. The third kappa shape index (κ3) is 3.63. The number of hydrogen-bond donors (Lipinski definition) is 1. The zero-order valence-electron chi connectivity index (χ0n) is 16.1. The van der Waals surface area contributed by atoms with E-state index in [-0.39, 0.29) is 29.7 Å². The first-order chi connectivity index (χ1) is 13.5. The Kier molecular flexibility index (Phi) is 4.86. The number of rotatable bonds is 6. The molecule has 28 heavy (non-hydrogen) atoms. The predicted octanol–water partition coefficient (Wildman–Crippen LogP) is 3.28. The van der Waals surface area contributed by atoms with Crippen molar-refractivity contribution < 1.29 is 9.59 Å². The summed E-state index contributed by atoms with van der Waals surface area (Å²) in [6, 6.07) is 15.6. The molecule has 1 aromatic carbocycles. The van der Waals surface area contributed by atoms with Crippen LogP contribution in [0.2, 0.25) is 0 Å². The molecule has 2 heterocycles. The van der Waals surface area contributed by atoms with E-state index < -0.39 is 0 Å². The summed E-state index contributed by atoms with van der Waals surface area (Å²) in [5, 5.41) is 2.96. The standard InChI is InChI=1S/C22H24N4O2/c1-15(2)26(14-16-8-4-3-5-9-16)22(28)19-18-10-6-7-13-25(18)20(24-19)21(27)23-17-11-12-17/h3-10,13,15,17H,11-12,14H2,1-2H3,(H,23,27). The lowest BCUT2D eigenvalue weighted by Crippen LogP contribution is -2.36. The van der Waals surface area contributed by atoms with Gasteiger partial charge in [-0.2, -0.15) is 0 Å². The third-order valence-electron chi connectivity index (χ3n) is 4.95. The Labute approximate surface area is 164 Å². The van der Waals surface area contributed by atoms with Crippen LogP contribution in [0.1, 0.15) is 53.4 Å². The number of nitrogens with zero attached hydrogens (tertiary/aromatic N) is 3. The van der Waals surface area contributed by atoms with Gasteiger partial charge in [-0.05, 0) is 44.4 Å². The van der Waals surface area contributed by atoms with Crippen molar-refractivity contribution in [1.29, 1.82) is 0 Å². The lowest BCUT2D eigenvalue weighted by molar-refractivity contribution is 0.0687. The van der Waals surface area contributed by atoms with Crippen LogP contribution in [-0.4, -0.2) is 38.2 Å². The molecule has 6 heteroatoms. The fourth-order valence-electron chi connectivity index (χ4n) is 3.24. The van der Waals surface area contributed by atoms with Gasteiger partial charge in [-0.3, -0.25) is 14.0 Å². The minimum absolute atomic E-state index is 0.00286. The first kappa shape index (κ1) is 18.2. The van der Waals surface area contributed by atoms with Crippen LogP contribution < -0.4 is 5.32 Å².